The van der Waals surface area contributed by atoms with Crippen LogP contribution in [0.2, 0.25) is 0 Å². The van der Waals surface area contributed by atoms with Crippen molar-refractivity contribution >= 4 is 5.69 Å². The van der Waals surface area contributed by atoms with E-state index < -0.39 is 4.92 Å². The molecule has 7 nitrogen and oxygen atoms in total. The van der Waals surface area contributed by atoms with Crippen molar-refractivity contribution in [2.24, 2.45) is 5.73 Å². The van der Waals surface area contributed by atoms with E-state index in [1.165, 1.54) is 12.1 Å². The highest BCUT2D eigenvalue weighted by Crippen LogP contribution is 2.26. The molecule has 2 aromatic rings. The number of aryl methyl sites for hydroxylation is 1. The minimum Gasteiger partial charge on any atom is -0.334 e. The van der Waals surface area contributed by atoms with Crippen molar-refractivity contribution < 1.29 is 9.45 Å². The van der Waals surface area contributed by atoms with E-state index in [-0.39, 0.29) is 17.6 Å². The highest BCUT2D eigenvalue weighted by Gasteiger charge is 2.16. The van der Waals surface area contributed by atoms with E-state index in [4.69, 9.17) is 10.3 Å². The van der Waals surface area contributed by atoms with Gasteiger partial charge in [0.05, 0.1) is 4.92 Å². The lowest BCUT2D eigenvalue weighted by atomic mass is 10.1. The minimum atomic E-state index is -0.451. The quantitative estimate of drug-likeness (QED) is 0.662. The zero-order chi connectivity index (χ0) is 14.7. The van der Waals surface area contributed by atoms with Crippen LogP contribution in [0, 0.1) is 17.0 Å². The van der Waals surface area contributed by atoms with Crippen molar-refractivity contribution in [2.45, 2.75) is 32.7 Å². The van der Waals surface area contributed by atoms with Crippen LogP contribution in [0.4, 0.5) is 5.69 Å². The first kappa shape index (κ1) is 14.1. The van der Waals surface area contributed by atoms with Crippen LogP contribution in [0.15, 0.2) is 22.7 Å². The lowest BCUT2D eigenvalue weighted by Crippen LogP contribution is -2.21. The molecule has 20 heavy (non-hydrogen) atoms. The van der Waals surface area contributed by atoms with E-state index in [1.807, 2.05) is 13.8 Å². The van der Waals surface area contributed by atoms with Gasteiger partial charge in [-0.3, -0.25) is 10.1 Å². The van der Waals surface area contributed by atoms with Crippen LogP contribution in [-0.2, 0) is 6.42 Å². The Bertz CT molecular complexity index is 624. The number of non-ortho nitro benzene ring substituents is 1. The molecule has 1 atom stereocenters. The molecule has 0 aliphatic carbocycles. The highest BCUT2D eigenvalue weighted by atomic mass is 16.6. The van der Waals surface area contributed by atoms with Crippen LogP contribution < -0.4 is 5.73 Å². The van der Waals surface area contributed by atoms with E-state index in [2.05, 4.69) is 10.1 Å². The summed E-state index contributed by atoms with van der Waals surface area (Å²) in [4.78, 5) is 14.6. The molecule has 7 heteroatoms. The molecule has 0 bridgehead atoms. The maximum atomic E-state index is 10.8. The van der Waals surface area contributed by atoms with E-state index in [0.717, 1.165) is 12.0 Å². The topological polar surface area (TPSA) is 108 Å². The third-order valence-corrected chi connectivity index (χ3v) is 3.10. The average Bonchev–Trinajstić information content (AvgIpc) is 2.87. The molecule has 1 aromatic carbocycles. The fraction of sp³-hybridized carbons (Fsp3) is 0.385. The first-order valence-electron chi connectivity index (χ1n) is 6.34. The number of benzene rings is 1. The molecule has 0 saturated heterocycles. The molecular weight excluding hydrogens is 260 g/mol. The van der Waals surface area contributed by atoms with Gasteiger partial charge in [0.2, 0.25) is 0 Å². The predicted octanol–water partition coefficient (Wildman–Crippen LogP) is 2.23. The third-order valence-electron chi connectivity index (χ3n) is 3.10. The number of nitrogens with zero attached hydrogens (tertiary/aromatic N) is 3. The van der Waals surface area contributed by atoms with Crippen LogP contribution in [-0.4, -0.2) is 21.1 Å². The van der Waals surface area contributed by atoms with Crippen molar-refractivity contribution in [2.75, 3.05) is 0 Å². The zero-order valence-electron chi connectivity index (χ0n) is 11.4. The number of nitro benzene ring substituents is 1. The van der Waals surface area contributed by atoms with Gasteiger partial charge in [-0.1, -0.05) is 18.1 Å². The Morgan fingerprint density at radius 1 is 1.50 bits per heavy atom. The molecule has 106 valence electrons. The van der Waals surface area contributed by atoms with Gasteiger partial charge in [-0.2, -0.15) is 4.98 Å². The smallest absolute Gasteiger partial charge is 0.270 e. The van der Waals surface area contributed by atoms with E-state index in [0.29, 0.717) is 17.8 Å². The molecule has 0 spiro atoms. The molecule has 0 aliphatic rings. The summed E-state index contributed by atoms with van der Waals surface area (Å²) < 4.78 is 5.17. The second-order valence-corrected chi connectivity index (χ2v) is 4.64. The van der Waals surface area contributed by atoms with Crippen LogP contribution in [0.5, 0.6) is 0 Å². The Labute approximate surface area is 115 Å². The van der Waals surface area contributed by atoms with Gasteiger partial charge in [0.1, 0.15) is 0 Å². The zero-order valence-corrected chi connectivity index (χ0v) is 11.4. The van der Waals surface area contributed by atoms with Gasteiger partial charge in [0, 0.05) is 30.2 Å². The summed E-state index contributed by atoms with van der Waals surface area (Å²) >= 11 is 0. The summed E-state index contributed by atoms with van der Waals surface area (Å²) in [7, 11) is 0. The van der Waals surface area contributed by atoms with Crippen LogP contribution in [0.25, 0.3) is 11.5 Å². The predicted molar refractivity (Wildman–Crippen MR) is 73.1 cm³/mol. The number of nitro groups is 1. The maximum Gasteiger partial charge on any atom is 0.270 e. The number of rotatable bonds is 5. The summed E-state index contributed by atoms with van der Waals surface area (Å²) in [6, 6.07) is 4.52. The van der Waals surface area contributed by atoms with Crippen LogP contribution in [0.3, 0.4) is 0 Å². The van der Waals surface area contributed by atoms with Crippen molar-refractivity contribution in [1.82, 2.24) is 10.1 Å². The van der Waals surface area contributed by atoms with Gasteiger partial charge >= 0.3 is 0 Å². The van der Waals surface area contributed by atoms with Gasteiger partial charge < -0.3 is 10.3 Å². The Balaban J connectivity index is 2.32. The molecule has 0 fully saturated rings. The second kappa shape index (κ2) is 5.79. The van der Waals surface area contributed by atoms with E-state index in [9.17, 15) is 10.1 Å². The Morgan fingerprint density at radius 3 is 2.90 bits per heavy atom. The summed E-state index contributed by atoms with van der Waals surface area (Å²) in [6.07, 6.45) is 1.34. The van der Waals surface area contributed by atoms with E-state index in [1.54, 1.807) is 6.07 Å². The molecule has 0 saturated carbocycles. The van der Waals surface area contributed by atoms with Crippen molar-refractivity contribution in [3.8, 4) is 11.5 Å². The molecule has 1 aromatic heterocycles. The van der Waals surface area contributed by atoms with Gasteiger partial charge in [-0.15, -0.1) is 0 Å². The molecule has 1 unspecified atom stereocenters. The highest BCUT2D eigenvalue weighted by molar-refractivity contribution is 5.62. The van der Waals surface area contributed by atoms with Crippen molar-refractivity contribution in [1.29, 1.82) is 0 Å². The van der Waals surface area contributed by atoms with Gasteiger partial charge in [0.15, 0.2) is 5.82 Å². The van der Waals surface area contributed by atoms with Gasteiger partial charge in [0.25, 0.3) is 11.6 Å². The first-order valence-corrected chi connectivity index (χ1v) is 6.34. The molecule has 0 amide bonds. The summed E-state index contributed by atoms with van der Waals surface area (Å²) in [5, 5.41) is 14.7. The summed E-state index contributed by atoms with van der Waals surface area (Å²) in [5.74, 6) is 0.796. The molecular formula is C13H16N4O3. The first-order chi connectivity index (χ1) is 9.51. The lowest BCUT2D eigenvalue weighted by Gasteiger charge is -2.03. The molecule has 0 aliphatic heterocycles. The van der Waals surface area contributed by atoms with Gasteiger partial charge in [-0.05, 0) is 18.9 Å². The fourth-order valence-corrected chi connectivity index (χ4v) is 1.78. The van der Waals surface area contributed by atoms with Crippen molar-refractivity contribution in [3.63, 3.8) is 0 Å². The van der Waals surface area contributed by atoms with Gasteiger partial charge in [-0.25, -0.2) is 0 Å². The molecule has 2 rings (SSSR count). The maximum absolute atomic E-state index is 10.8. The molecule has 1 heterocycles. The normalized spacial score (nSPS) is 12.3. The average molecular weight is 276 g/mol. The number of aromatic nitrogens is 2. The van der Waals surface area contributed by atoms with E-state index >= 15 is 0 Å². The number of hydrogen-bond donors (Lipinski definition) is 1. The number of hydrogen-bond acceptors (Lipinski definition) is 6. The summed E-state index contributed by atoms with van der Waals surface area (Å²) in [5.41, 5.74) is 7.24. The summed E-state index contributed by atoms with van der Waals surface area (Å²) in [6.45, 7) is 3.82. The standard InChI is InChI=1S/C13H16N4O3/c1-3-9(14)6-12-15-13(20-16-12)11-7-10(17(18)19)5-4-8(11)2/h4-5,7,9H,3,6,14H2,1-2H3. The lowest BCUT2D eigenvalue weighted by molar-refractivity contribution is -0.384. The van der Waals surface area contributed by atoms with Crippen molar-refractivity contribution in [3.05, 3.63) is 39.7 Å². The Morgan fingerprint density at radius 2 is 2.25 bits per heavy atom. The van der Waals surface area contributed by atoms with Crippen LogP contribution in [0.1, 0.15) is 24.7 Å². The Hall–Kier alpha value is -2.28. The number of nitrogens with two attached hydrogens (primary N) is 1. The van der Waals surface area contributed by atoms with Crippen LogP contribution >= 0.6 is 0 Å². The second-order valence-electron chi connectivity index (χ2n) is 4.64. The minimum absolute atomic E-state index is 0.00407. The molecule has 0 radical (unpaired) electrons. The fourth-order valence-electron chi connectivity index (χ4n) is 1.78. The monoisotopic (exact) mass is 276 g/mol. The molecule has 2 N–H and O–H groups in total. The third kappa shape index (κ3) is 3.00. The largest absolute Gasteiger partial charge is 0.334 e. The SMILES string of the molecule is CCC(N)Cc1noc(-c2cc([N+](=O)[O-])ccc2C)n1. The Kier molecular flexibility index (Phi) is 4.09.